The third-order valence-corrected chi connectivity index (χ3v) is 5.87. The van der Waals surface area contributed by atoms with E-state index in [2.05, 4.69) is 20.8 Å². The monoisotopic (exact) mass is 455 g/mol. The van der Waals surface area contributed by atoms with E-state index >= 15 is 0 Å². The molecule has 1 saturated heterocycles. The van der Waals surface area contributed by atoms with E-state index in [0.29, 0.717) is 16.3 Å². The second-order valence-corrected chi connectivity index (χ2v) is 9.82. The third-order valence-electron chi connectivity index (χ3n) is 5.62. The Kier molecular flexibility index (Phi) is 6.94. The lowest BCUT2D eigenvalue weighted by molar-refractivity contribution is -0.132. The molecule has 0 radical (unpaired) electrons. The Bertz CT molecular complexity index is 995. The van der Waals surface area contributed by atoms with Gasteiger partial charge in [0.25, 0.3) is 5.91 Å². The van der Waals surface area contributed by atoms with Crippen molar-refractivity contribution in [2.45, 2.75) is 46.1 Å². The summed E-state index contributed by atoms with van der Waals surface area (Å²) in [5.41, 5.74) is 2.36. The van der Waals surface area contributed by atoms with Crippen LogP contribution in [0, 0.1) is 0 Å². The van der Waals surface area contributed by atoms with Gasteiger partial charge in [-0.25, -0.2) is 0 Å². The van der Waals surface area contributed by atoms with E-state index < -0.39 is 0 Å². The summed E-state index contributed by atoms with van der Waals surface area (Å²) in [4.78, 5) is 43.2. The molecule has 1 aliphatic heterocycles. The summed E-state index contributed by atoms with van der Waals surface area (Å²) in [6.07, 6.45) is 0. The van der Waals surface area contributed by atoms with Gasteiger partial charge in [0.1, 0.15) is 19.8 Å². The fraction of sp³-hybridized carbons (Fsp3) is 0.400. The fourth-order valence-electron chi connectivity index (χ4n) is 3.58. The third kappa shape index (κ3) is 5.30. The van der Waals surface area contributed by atoms with E-state index in [9.17, 15) is 14.4 Å². The average molecular weight is 456 g/mol. The maximum absolute atomic E-state index is 13.1. The van der Waals surface area contributed by atoms with Gasteiger partial charge in [-0.2, -0.15) is 0 Å². The summed E-state index contributed by atoms with van der Waals surface area (Å²) in [6, 6.07) is 14.3. The molecule has 0 bridgehead atoms. The molecule has 1 fully saturated rings. The van der Waals surface area contributed by atoms with E-state index in [4.69, 9.17) is 11.6 Å². The van der Waals surface area contributed by atoms with Crippen LogP contribution in [0.3, 0.4) is 0 Å². The summed E-state index contributed by atoms with van der Waals surface area (Å²) >= 11 is 5.93. The molecule has 2 aromatic carbocycles. The van der Waals surface area contributed by atoms with Crippen molar-refractivity contribution in [3.8, 4) is 0 Å². The fourth-order valence-corrected chi connectivity index (χ4v) is 3.70. The van der Waals surface area contributed by atoms with E-state index in [1.807, 2.05) is 38.1 Å². The van der Waals surface area contributed by atoms with Crippen LogP contribution in [0.5, 0.6) is 0 Å². The zero-order valence-electron chi connectivity index (χ0n) is 19.3. The molecule has 6 nitrogen and oxygen atoms in total. The van der Waals surface area contributed by atoms with Gasteiger partial charge in [-0.15, -0.1) is 0 Å². The molecular formula is C25H30ClN3O3. The first-order valence-corrected chi connectivity index (χ1v) is 11.1. The number of amides is 3. The molecule has 0 aromatic heterocycles. The van der Waals surface area contributed by atoms with Crippen molar-refractivity contribution in [1.82, 2.24) is 9.80 Å². The highest BCUT2D eigenvalue weighted by atomic mass is 35.5. The average Bonchev–Trinajstić information content (AvgIpc) is 3.13. The number of halogens is 1. The molecule has 0 N–H and O–H groups in total. The Hall–Kier alpha value is -2.86. The van der Waals surface area contributed by atoms with Gasteiger partial charge in [0.15, 0.2) is 0 Å². The first-order chi connectivity index (χ1) is 15.0. The van der Waals surface area contributed by atoms with Crippen molar-refractivity contribution in [2.75, 3.05) is 24.7 Å². The predicted molar refractivity (Wildman–Crippen MR) is 127 cm³/mol. The summed E-state index contributed by atoms with van der Waals surface area (Å²) < 4.78 is 0. The molecule has 3 amide bonds. The maximum Gasteiger partial charge on any atom is 0.254 e. The van der Waals surface area contributed by atoms with Crippen LogP contribution in [-0.2, 0) is 15.0 Å². The van der Waals surface area contributed by atoms with Crippen LogP contribution in [0.15, 0.2) is 48.5 Å². The summed E-state index contributed by atoms with van der Waals surface area (Å²) in [6.45, 7) is 10.2. The number of carbonyl (C=O) groups excluding carboxylic acids is 3. The largest absolute Gasteiger partial charge is 0.327 e. The minimum absolute atomic E-state index is 0.00642. The lowest BCUT2D eigenvalue weighted by Gasteiger charge is -2.28. The molecule has 2 aromatic rings. The maximum atomic E-state index is 13.1. The van der Waals surface area contributed by atoms with Crippen LogP contribution in [0.2, 0.25) is 5.02 Å². The van der Waals surface area contributed by atoms with Gasteiger partial charge in [0.2, 0.25) is 11.8 Å². The van der Waals surface area contributed by atoms with Gasteiger partial charge in [-0.1, -0.05) is 44.5 Å². The predicted octanol–water partition coefficient (Wildman–Crippen LogP) is 4.32. The SMILES string of the molecule is CC(C)N(CC(=O)N1CC(=O)N(c2ccc(Cl)cc2)C1)C(=O)c1ccc(C(C)(C)C)cc1. The first kappa shape index (κ1) is 23.8. The normalized spacial score (nSPS) is 14.3. The molecule has 0 unspecified atom stereocenters. The van der Waals surface area contributed by atoms with Crippen molar-refractivity contribution in [3.05, 3.63) is 64.7 Å². The first-order valence-electron chi connectivity index (χ1n) is 10.7. The van der Waals surface area contributed by atoms with Crippen LogP contribution in [0.25, 0.3) is 0 Å². The second kappa shape index (κ2) is 9.33. The zero-order chi connectivity index (χ0) is 23.6. The molecule has 1 heterocycles. The molecule has 3 rings (SSSR count). The number of hydrogen-bond acceptors (Lipinski definition) is 3. The van der Waals surface area contributed by atoms with Crippen molar-refractivity contribution < 1.29 is 14.4 Å². The van der Waals surface area contributed by atoms with E-state index in [1.54, 1.807) is 34.1 Å². The second-order valence-electron chi connectivity index (χ2n) is 9.39. The van der Waals surface area contributed by atoms with Crippen LogP contribution in [0.1, 0.15) is 50.5 Å². The van der Waals surface area contributed by atoms with Crippen LogP contribution in [-0.4, -0.2) is 53.3 Å². The van der Waals surface area contributed by atoms with Crippen molar-refractivity contribution in [3.63, 3.8) is 0 Å². The molecule has 7 heteroatoms. The summed E-state index contributed by atoms with van der Waals surface area (Å²) in [5, 5.41) is 0.579. The zero-order valence-corrected chi connectivity index (χ0v) is 20.0. The van der Waals surface area contributed by atoms with Gasteiger partial charge in [-0.3, -0.25) is 19.3 Å². The Morgan fingerprint density at radius 3 is 2.16 bits per heavy atom. The number of hydrogen-bond donors (Lipinski definition) is 0. The molecule has 1 aliphatic rings. The number of carbonyl (C=O) groups is 3. The van der Waals surface area contributed by atoms with Crippen molar-refractivity contribution in [2.24, 2.45) is 0 Å². The smallest absolute Gasteiger partial charge is 0.254 e. The van der Waals surface area contributed by atoms with Crippen LogP contribution < -0.4 is 4.90 Å². The van der Waals surface area contributed by atoms with Gasteiger partial charge in [-0.05, 0) is 61.2 Å². The molecule has 32 heavy (non-hydrogen) atoms. The number of rotatable bonds is 5. The Morgan fingerprint density at radius 2 is 1.62 bits per heavy atom. The Balaban J connectivity index is 1.70. The van der Waals surface area contributed by atoms with Gasteiger partial charge >= 0.3 is 0 Å². The molecule has 0 spiro atoms. The van der Waals surface area contributed by atoms with Crippen LogP contribution in [0.4, 0.5) is 5.69 Å². The lowest BCUT2D eigenvalue weighted by Crippen LogP contribution is -2.45. The topological polar surface area (TPSA) is 60.9 Å². The minimum atomic E-state index is -0.261. The Labute approximate surface area is 194 Å². The van der Waals surface area contributed by atoms with E-state index in [0.717, 1.165) is 5.56 Å². The number of benzene rings is 2. The molecule has 170 valence electrons. The van der Waals surface area contributed by atoms with Crippen molar-refractivity contribution in [1.29, 1.82) is 0 Å². The number of anilines is 1. The highest BCUT2D eigenvalue weighted by molar-refractivity contribution is 6.30. The van der Waals surface area contributed by atoms with Gasteiger partial charge < -0.3 is 9.80 Å². The highest BCUT2D eigenvalue weighted by Gasteiger charge is 2.33. The summed E-state index contributed by atoms with van der Waals surface area (Å²) in [7, 11) is 0. The molecule has 0 aliphatic carbocycles. The highest BCUT2D eigenvalue weighted by Crippen LogP contribution is 2.24. The molecule has 0 atom stereocenters. The minimum Gasteiger partial charge on any atom is -0.327 e. The molecule has 0 saturated carbocycles. The lowest BCUT2D eigenvalue weighted by atomic mass is 9.86. The quantitative estimate of drug-likeness (QED) is 0.674. The number of nitrogens with zero attached hydrogens (tertiary/aromatic N) is 3. The summed E-state index contributed by atoms with van der Waals surface area (Å²) in [5.74, 6) is -0.627. The molecular weight excluding hydrogens is 426 g/mol. The standard InChI is InChI=1S/C25H30ClN3O3/c1-17(2)28(24(32)18-6-8-19(9-7-18)25(3,4)5)15-22(30)27-14-23(31)29(16-27)21-12-10-20(26)11-13-21/h6-13,17H,14-16H2,1-5H3. The van der Waals surface area contributed by atoms with E-state index in [-0.39, 0.29) is 48.9 Å². The Morgan fingerprint density at radius 1 is 1.03 bits per heavy atom. The van der Waals surface area contributed by atoms with E-state index in [1.165, 1.54) is 4.90 Å². The van der Waals surface area contributed by atoms with Crippen molar-refractivity contribution >= 4 is 35.0 Å². The van der Waals surface area contributed by atoms with Gasteiger partial charge in [0.05, 0.1) is 0 Å². The van der Waals surface area contributed by atoms with Crippen LogP contribution >= 0.6 is 11.6 Å². The van der Waals surface area contributed by atoms with Gasteiger partial charge in [0, 0.05) is 22.3 Å².